The number of carbonyl (C=O) groups excluding carboxylic acids is 2. The van der Waals surface area contributed by atoms with E-state index in [2.05, 4.69) is 5.32 Å². The molecule has 7 heteroatoms. The molecule has 0 aromatic heterocycles. The number of benzene rings is 2. The summed E-state index contributed by atoms with van der Waals surface area (Å²) in [7, 11) is 1.49. The average Bonchev–Trinajstić information content (AvgIpc) is 2.67. The molecule has 0 bridgehead atoms. The summed E-state index contributed by atoms with van der Waals surface area (Å²) in [4.78, 5) is 25.0. The minimum Gasteiger partial charge on any atom is -0.496 e. The average molecular weight is 394 g/mol. The van der Waals surface area contributed by atoms with Gasteiger partial charge in [0.25, 0.3) is 5.91 Å². The monoisotopic (exact) mass is 393 g/mol. The SMILES string of the molecule is COc1cc(SC)ccc1C(=O)OCC(=O)NCCc1ccc(Cl)cc1. The van der Waals surface area contributed by atoms with Crippen LogP contribution < -0.4 is 10.1 Å². The van der Waals surface area contributed by atoms with Crippen molar-refractivity contribution in [2.75, 3.05) is 26.5 Å². The van der Waals surface area contributed by atoms with Gasteiger partial charge in [0.15, 0.2) is 6.61 Å². The molecule has 0 saturated heterocycles. The zero-order valence-corrected chi connectivity index (χ0v) is 16.2. The van der Waals surface area contributed by atoms with Crippen molar-refractivity contribution in [2.24, 2.45) is 0 Å². The summed E-state index contributed by atoms with van der Waals surface area (Å²) >= 11 is 7.37. The van der Waals surface area contributed by atoms with E-state index in [0.717, 1.165) is 10.5 Å². The quantitative estimate of drug-likeness (QED) is 0.548. The predicted molar refractivity (Wildman–Crippen MR) is 103 cm³/mol. The van der Waals surface area contributed by atoms with Gasteiger partial charge in [-0.2, -0.15) is 0 Å². The molecule has 1 N–H and O–H groups in total. The standard InChI is InChI=1S/C19H20ClNO4S/c1-24-17-11-15(26-2)7-8-16(17)19(23)25-12-18(22)21-10-9-13-3-5-14(20)6-4-13/h3-8,11H,9-10,12H2,1-2H3,(H,21,22). The maximum Gasteiger partial charge on any atom is 0.342 e. The van der Waals surface area contributed by atoms with Crippen LogP contribution in [0.1, 0.15) is 15.9 Å². The first-order chi connectivity index (χ1) is 12.5. The molecule has 0 aliphatic rings. The molecule has 138 valence electrons. The molecule has 0 unspecified atom stereocenters. The Bertz CT molecular complexity index is 765. The Morgan fingerprint density at radius 1 is 1.15 bits per heavy atom. The van der Waals surface area contributed by atoms with Crippen LogP contribution in [0, 0.1) is 0 Å². The zero-order valence-electron chi connectivity index (χ0n) is 14.6. The topological polar surface area (TPSA) is 64.6 Å². The number of amides is 1. The maximum absolute atomic E-state index is 12.2. The van der Waals surface area contributed by atoms with Crippen molar-refractivity contribution in [3.05, 3.63) is 58.6 Å². The number of thioether (sulfide) groups is 1. The molecule has 1 amide bonds. The summed E-state index contributed by atoms with van der Waals surface area (Å²) in [5.41, 5.74) is 1.35. The van der Waals surface area contributed by atoms with E-state index in [1.807, 2.05) is 18.4 Å². The second-order valence-corrected chi connectivity index (χ2v) is 6.68. The van der Waals surface area contributed by atoms with Crippen molar-refractivity contribution < 1.29 is 19.1 Å². The summed E-state index contributed by atoms with van der Waals surface area (Å²) in [5, 5.41) is 3.39. The number of methoxy groups -OCH3 is 1. The van der Waals surface area contributed by atoms with Gasteiger partial charge in [-0.1, -0.05) is 23.7 Å². The molecule has 0 spiro atoms. The van der Waals surface area contributed by atoms with Gasteiger partial charge >= 0.3 is 5.97 Å². The molecule has 0 heterocycles. The summed E-state index contributed by atoms with van der Waals surface area (Å²) in [6, 6.07) is 12.6. The molecule has 0 saturated carbocycles. The molecular formula is C19H20ClNO4S. The number of nitrogens with one attached hydrogen (secondary N) is 1. The van der Waals surface area contributed by atoms with E-state index in [1.54, 1.807) is 42.1 Å². The van der Waals surface area contributed by atoms with Crippen molar-refractivity contribution in [3.8, 4) is 5.75 Å². The van der Waals surface area contributed by atoms with Gasteiger partial charge in [-0.25, -0.2) is 4.79 Å². The lowest BCUT2D eigenvalue weighted by molar-refractivity contribution is -0.124. The van der Waals surface area contributed by atoms with Crippen LogP contribution in [0.4, 0.5) is 0 Å². The van der Waals surface area contributed by atoms with Crippen LogP contribution >= 0.6 is 23.4 Å². The highest BCUT2D eigenvalue weighted by molar-refractivity contribution is 7.98. The number of esters is 1. The minimum atomic E-state index is -0.595. The van der Waals surface area contributed by atoms with E-state index in [4.69, 9.17) is 21.1 Å². The third-order valence-corrected chi connectivity index (χ3v) is 4.59. The third-order valence-electron chi connectivity index (χ3n) is 3.61. The highest BCUT2D eigenvalue weighted by atomic mass is 35.5. The normalized spacial score (nSPS) is 10.3. The van der Waals surface area contributed by atoms with Crippen LogP contribution in [0.15, 0.2) is 47.4 Å². The first kappa shape index (κ1) is 20.1. The van der Waals surface area contributed by atoms with Crippen LogP contribution in [0.2, 0.25) is 5.02 Å². The Labute approximate surface area is 162 Å². The minimum absolute atomic E-state index is 0.291. The number of halogens is 1. The lowest BCUT2D eigenvalue weighted by Crippen LogP contribution is -2.30. The summed E-state index contributed by atoms with van der Waals surface area (Å²) in [6.07, 6.45) is 2.60. The lowest BCUT2D eigenvalue weighted by atomic mass is 10.1. The fourth-order valence-electron chi connectivity index (χ4n) is 2.22. The van der Waals surface area contributed by atoms with E-state index in [0.29, 0.717) is 29.3 Å². The van der Waals surface area contributed by atoms with Crippen LogP contribution in [0.25, 0.3) is 0 Å². The number of ether oxygens (including phenoxy) is 2. The maximum atomic E-state index is 12.2. The van der Waals surface area contributed by atoms with Crippen LogP contribution in [-0.2, 0) is 16.0 Å². The Balaban J connectivity index is 1.79. The van der Waals surface area contributed by atoms with Crippen molar-refractivity contribution in [3.63, 3.8) is 0 Å². The van der Waals surface area contributed by atoms with Crippen LogP contribution in [0.3, 0.4) is 0 Å². The number of hydrogen-bond donors (Lipinski definition) is 1. The van der Waals surface area contributed by atoms with E-state index < -0.39 is 5.97 Å². The fraction of sp³-hybridized carbons (Fsp3) is 0.263. The molecular weight excluding hydrogens is 374 g/mol. The molecule has 2 aromatic rings. The van der Waals surface area contributed by atoms with Gasteiger partial charge in [0.1, 0.15) is 11.3 Å². The van der Waals surface area contributed by atoms with E-state index in [9.17, 15) is 9.59 Å². The molecule has 0 fully saturated rings. The van der Waals surface area contributed by atoms with Gasteiger partial charge < -0.3 is 14.8 Å². The number of hydrogen-bond acceptors (Lipinski definition) is 5. The fourth-order valence-corrected chi connectivity index (χ4v) is 2.78. The number of carbonyl (C=O) groups is 2. The van der Waals surface area contributed by atoms with Gasteiger partial charge in [0, 0.05) is 16.5 Å². The molecule has 0 aliphatic carbocycles. The van der Waals surface area contributed by atoms with E-state index in [-0.39, 0.29) is 12.5 Å². The van der Waals surface area contributed by atoms with Crippen molar-refractivity contribution >= 4 is 35.2 Å². The molecule has 0 aliphatic heterocycles. The smallest absolute Gasteiger partial charge is 0.342 e. The van der Waals surface area contributed by atoms with Gasteiger partial charge in [-0.15, -0.1) is 11.8 Å². The highest BCUT2D eigenvalue weighted by Gasteiger charge is 2.15. The van der Waals surface area contributed by atoms with Crippen molar-refractivity contribution in [2.45, 2.75) is 11.3 Å². The highest BCUT2D eigenvalue weighted by Crippen LogP contribution is 2.25. The largest absolute Gasteiger partial charge is 0.496 e. The van der Waals surface area contributed by atoms with E-state index >= 15 is 0 Å². The van der Waals surface area contributed by atoms with Gasteiger partial charge in [0.2, 0.25) is 0 Å². The summed E-state index contributed by atoms with van der Waals surface area (Å²) < 4.78 is 10.3. The second-order valence-electron chi connectivity index (χ2n) is 5.37. The molecule has 2 rings (SSSR count). The summed E-state index contributed by atoms with van der Waals surface area (Å²) in [6.45, 7) is 0.108. The summed E-state index contributed by atoms with van der Waals surface area (Å²) in [5.74, 6) is -0.528. The number of rotatable bonds is 8. The second kappa shape index (κ2) is 10.1. The van der Waals surface area contributed by atoms with E-state index in [1.165, 1.54) is 7.11 Å². The lowest BCUT2D eigenvalue weighted by Gasteiger charge is -2.10. The Morgan fingerprint density at radius 3 is 2.54 bits per heavy atom. The Kier molecular flexibility index (Phi) is 7.81. The third kappa shape index (κ3) is 5.97. The first-order valence-electron chi connectivity index (χ1n) is 7.93. The molecule has 2 aromatic carbocycles. The predicted octanol–water partition coefficient (Wildman–Crippen LogP) is 3.59. The van der Waals surface area contributed by atoms with Crippen molar-refractivity contribution in [1.82, 2.24) is 5.32 Å². The van der Waals surface area contributed by atoms with Crippen LogP contribution in [-0.4, -0.2) is 38.4 Å². The zero-order chi connectivity index (χ0) is 18.9. The van der Waals surface area contributed by atoms with Gasteiger partial charge in [-0.05, 0) is 48.6 Å². The van der Waals surface area contributed by atoms with Gasteiger partial charge in [0.05, 0.1) is 7.11 Å². The van der Waals surface area contributed by atoms with Crippen LogP contribution in [0.5, 0.6) is 5.75 Å². The first-order valence-corrected chi connectivity index (χ1v) is 9.54. The Morgan fingerprint density at radius 2 is 1.88 bits per heavy atom. The molecule has 0 radical (unpaired) electrons. The Hall–Kier alpha value is -2.18. The van der Waals surface area contributed by atoms with Gasteiger partial charge in [-0.3, -0.25) is 4.79 Å². The van der Waals surface area contributed by atoms with Crippen molar-refractivity contribution in [1.29, 1.82) is 0 Å². The molecule has 26 heavy (non-hydrogen) atoms. The molecule has 5 nitrogen and oxygen atoms in total. The molecule has 0 atom stereocenters.